The fraction of sp³-hybridized carbons (Fsp3) is 0.118. The van der Waals surface area contributed by atoms with Crippen molar-refractivity contribution < 1.29 is 14.7 Å². The first-order chi connectivity index (χ1) is 11.1. The van der Waals surface area contributed by atoms with E-state index in [1.807, 2.05) is 30.3 Å². The number of aromatic carboxylic acids is 1. The number of rotatable bonds is 5. The molecule has 23 heavy (non-hydrogen) atoms. The average Bonchev–Trinajstić information content (AvgIpc) is 2.95. The number of aryl methyl sites for hydroxylation is 1. The number of hydrogen-bond donors (Lipinski definition) is 2. The lowest BCUT2D eigenvalue weighted by atomic mass is 10.1. The van der Waals surface area contributed by atoms with Crippen LogP contribution in [0, 0.1) is 0 Å². The van der Waals surface area contributed by atoms with Crippen LogP contribution in [0.25, 0.3) is 10.2 Å². The Labute approximate surface area is 136 Å². The van der Waals surface area contributed by atoms with Crippen molar-refractivity contribution in [3.63, 3.8) is 0 Å². The fourth-order valence-corrected chi connectivity index (χ4v) is 3.12. The summed E-state index contributed by atoms with van der Waals surface area (Å²) in [6.45, 7) is 0. The van der Waals surface area contributed by atoms with Gasteiger partial charge in [-0.05, 0) is 30.2 Å². The molecule has 1 amide bonds. The second-order valence-corrected chi connectivity index (χ2v) is 6.07. The number of carboxylic acids is 1. The Balaban J connectivity index is 1.66. The van der Waals surface area contributed by atoms with Gasteiger partial charge >= 0.3 is 5.97 Å². The molecule has 0 atom stereocenters. The molecule has 0 aliphatic rings. The highest BCUT2D eigenvalue weighted by molar-refractivity contribution is 7.22. The Morgan fingerprint density at radius 2 is 1.91 bits per heavy atom. The third-order valence-corrected chi connectivity index (χ3v) is 4.30. The van der Waals surface area contributed by atoms with Crippen LogP contribution >= 0.6 is 11.3 Å². The van der Waals surface area contributed by atoms with E-state index in [0.29, 0.717) is 23.5 Å². The molecule has 0 bridgehead atoms. The summed E-state index contributed by atoms with van der Waals surface area (Å²) in [7, 11) is 0. The molecule has 1 aromatic heterocycles. The predicted octanol–water partition coefficient (Wildman–Crippen LogP) is 3.57. The molecule has 1 heterocycles. The van der Waals surface area contributed by atoms with Crippen LogP contribution in [0.4, 0.5) is 5.13 Å². The maximum Gasteiger partial charge on any atom is 0.335 e. The van der Waals surface area contributed by atoms with E-state index in [9.17, 15) is 9.59 Å². The standard InChI is InChI=1S/C17H14N2O3S/c20-15(9-6-11-4-2-1-3-5-11)19-17-18-13-8-7-12(16(21)22)10-14(13)23-17/h1-5,7-8,10H,6,9H2,(H,21,22)(H,18,19,20). The van der Waals surface area contributed by atoms with Gasteiger partial charge in [0, 0.05) is 6.42 Å². The third-order valence-electron chi connectivity index (χ3n) is 3.37. The Morgan fingerprint density at radius 1 is 1.13 bits per heavy atom. The van der Waals surface area contributed by atoms with E-state index in [0.717, 1.165) is 10.3 Å². The number of nitrogens with one attached hydrogen (secondary N) is 1. The van der Waals surface area contributed by atoms with Crippen molar-refractivity contribution in [3.8, 4) is 0 Å². The molecule has 0 spiro atoms. The number of fused-ring (bicyclic) bond motifs is 1. The van der Waals surface area contributed by atoms with Gasteiger partial charge in [0.2, 0.25) is 5.91 Å². The number of carbonyl (C=O) groups is 2. The van der Waals surface area contributed by atoms with Crippen molar-refractivity contribution in [1.29, 1.82) is 0 Å². The number of nitrogens with zero attached hydrogens (tertiary/aromatic N) is 1. The molecule has 2 N–H and O–H groups in total. The van der Waals surface area contributed by atoms with Crippen LogP contribution in [-0.2, 0) is 11.2 Å². The quantitative estimate of drug-likeness (QED) is 0.751. The summed E-state index contributed by atoms with van der Waals surface area (Å²) in [5.41, 5.74) is 2.00. The zero-order valence-electron chi connectivity index (χ0n) is 12.2. The van der Waals surface area contributed by atoms with Gasteiger partial charge in [-0.3, -0.25) is 4.79 Å². The lowest BCUT2D eigenvalue weighted by molar-refractivity contribution is -0.116. The fourth-order valence-electron chi connectivity index (χ4n) is 2.20. The van der Waals surface area contributed by atoms with Crippen molar-refractivity contribution in [1.82, 2.24) is 4.98 Å². The van der Waals surface area contributed by atoms with Gasteiger partial charge in [0.25, 0.3) is 0 Å². The lowest BCUT2D eigenvalue weighted by Gasteiger charge is -2.01. The third kappa shape index (κ3) is 3.73. The van der Waals surface area contributed by atoms with Gasteiger partial charge in [-0.15, -0.1) is 0 Å². The van der Waals surface area contributed by atoms with Crippen LogP contribution in [0.1, 0.15) is 22.3 Å². The van der Waals surface area contributed by atoms with Crippen LogP contribution < -0.4 is 5.32 Å². The molecule has 3 aromatic rings. The minimum Gasteiger partial charge on any atom is -0.478 e. The smallest absolute Gasteiger partial charge is 0.335 e. The SMILES string of the molecule is O=C(CCc1ccccc1)Nc1nc2ccc(C(=O)O)cc2s1. The summed E-state index contributed by atoms with van der Waals surface area (Å²) in [5, 5.41) is 12.2. The summed E-state index contributed by atoms with van der Waals surface area (Å²) in [6.07, 6.45) is 1.04. The number of hydrogen-bond acceptors (Lipinski definition) is 4. The molecule has 0 unspecified atom stereocenters. The zero-order valence-corrected chi connectivity index (χ0v) is 13.0. The summed E-state index contributed by atoms with van der Waals surface area (Å²) in [5.74, 6) is -1.08. The Hall–Kier alpha value is -2.73. The highest BCUT2D eigenvalue weighted by Crippen LogP contribution is 2.27. The van der Waals surface area contributed by atoms with Crippen LogP contribution in [0.2, 0.25) is 0 Å². The van der Waals surface area contributed by atoms with E-state index in [1.165, 1.54) is 17.4 Å². The maximum absolute atomic E-state index is 12.0. The second-order valence-electron chi connectivity index (χ2n) is 5.04. The maximum atomic E-state index is 12.0. The average molecular weight is 326 g/mol. The minimum absolute atomic E-state index is 0.105. The van der Waals surface area contributed by atoms with E-state index in [-0.39, 0.29) is 11.5 Å². The largest absolute Gasteiger partial charge is 0.478 e. The van der Waals surface area contributed by atoms with E-state index in [2.05, 4.69) is 10.3 Å². The van der Waals surface area contributed by atoms with Crippen molar-refractivity contribution in [2.75, 3.05) is 5.32 Å². The topological polar surface area (TPSA) is 79.3 Å². The highest BCUT2D eigenvalue weighted by atomic mass is 32.1. The summed E-state index contributed by atoms with van der Waals surface area (Å²) >= 11 is 1.27. The Morgan fingerprint density at radius 3 is 2.65 bits per heavy atom. The van der Waals surface area contributed by atoms with Gasteiger partial charge in [-0.1, -0.05) is 41.7 Å². The van der Waals surface area contributed by atoms with E-state index in [1.54, 1.807) is 12.1 Å². The molecule has 0 aliphatic heterocycles. The first-order valence-corrected chi connectivity index (χ1v) is 7.91. The monoisotopic (exact) mass is 326 g/mol. The molecule has 5 nitrogen and oxygen atoms in total. The van der Waals surface area contributed by atoms with Gasteiger partial charge in [-0.2, -0.15) is 0 Å². The second kappa shape index (κ2) is 6.58. The van der Waals surface area contributed by atoms with Crippen molar-refractivity contribution in [3.05, 3.63) is 59.7 Å². The number of anilines is 1. The summed E-state index contributed by atoms with van der Waals surface area (Å²) < 4.78 is 0.739. The Bertz CT molecular complexity index is 859. The van der Waals surface area contributed by atoms with Crippen LogP contribution in [0.15, 0.2) is 48.5 Å². The molecule has 0 saturated carbocycles. The molecule has 116 valence electrons. The number of carbonyl (C=O) groups excluding carboxylic acids is 1. The van der Waals surface area contributed by atoms with Gasteiger partial charge in [0.1, 0.15) is 0 Å². The van der Waals surface area contributed by atoms with Crippen molar-refractivity contribution in [2.45, 2.75) is 12.8 Å². The number of carboxylic acid groups (broad SMARTS) is 1. The first-order valence-electron chi connectivity index (χ1n) is 7.09. The molecule has 6 heteroatoms. The van der Waals surface area contributed by atoms with Crippen molar-refractivity contribution in [2.24, 2.45) is 0 Å². The van der Waals surface area contributed by atoms with E-state index < -0.39 is 5.97 Å². The predicted molar refractivity (Wildman–Crippen MR) is 90.0 cm³/mol. The van der Waals surface area contributed by atoms with Gasteiger partial charge in [0.05, 0.1) is 15.8 Å². The molecule has 0 fully saturated rings. The van der Waals surface area contributed by atoms with Crippen LogP contribution in [0.5, 0.6) is 0 Å². The molecule has 0 radical (unpaired) electrons. The first kappa shape index (κ1) is 15.2. The van der Waals surface area contributed by atoms with Crippen LogP contribution in [-0.4, -0.2) is 22.0 Å². The van der Waals surface area contributed by atoms with E-state index in [4.69, 9.17) is 5.11 Å². The number of aromatic nitrogens is 1. The van der Waals surface area contributed by atoms with Gasteiger partial charge in [0.15, 0.2) is 5.13 Å². The van der Waals surface area contributed by atoms with E-state index >= 15 is 0 Å². The molecular formula is C17H14N2O3S. The normalized spacial score (nSPS) is 10.6. The molecule has 3 rings (SSSR count). The molecule has 2 aromatic carbocycles. The number of benzene rings is 2. The number of thiazole rings is 1. The zero-order chi connectivity index (χ0) is 16.2. The molecular weight excluding hydrogens is 312 g/mol. The van der Waals surface area contributed by atoms with Gasteiger partial charge < -0.3 is 10.4 Å². The van der Waals surface area contributed by atoms with Crippen LogP contribution in [0.3, 0.4) is 0 Å². The number of amides is 1. The summed E-state index contributed by atoms with van der Waals surface area (Å²) in [4.78, 5) is 27.3. The van der Waals surface area contributed by atoms with Gasteiger partial charge in [-0.25, -0.2) is 9.78 Å². The summed E-state index contributed by atoms with van der Waals surface area (Å²) in [6, 6.07) is 14.5. The highest BCUT2D eigenvalue weighted by Gasteiger charge is 2.10. The molecule has 0 aliphatic carbocycles. The Kier molecular flexibility index (Phi) is 4.34. The van der Waals surface area contributed by atoms with Crippen molar-refractivity contribution >= 4 is 38.6 Å². The lowest BCUT2D eigenvalue weighted by Crippen LogP contribution is -2.11. The molecule has 0 saturated heterocycles. The minimum atomic E-state index is -0.978.